The second-order valence-corrected chi connectivity index (χ2v) is 4.26. The fourth-order valence-corrected chi connectivity index (χ4v) is 1.84. The number of aromatic nitrogens is 4. The van der Waals surface area contributed by atoms with Crippen molar-refractivity contribution in [3.05, 3.63) is 12.0 Å². The molecule has 5 heteroatoms. The number of anilines is 1. The summed E-state index contributed by atoms with van der Waals surface area (Å²) in [5, 5.41) is 10.5. The highest BCUT2D eigenvalue weighted by Gasteiger charge is 2.08. The number of H-pyrrole nitrogens is 1. The Morgan fingerprint density at radius 2 is 2.06 bits per heavy atom. The van der Waals surface area contributed by atoms with Crippen molar-refractivity contribution in [2.24, 2.45) is 0 Å². The molecular formula is C12H19N5. The molecule has 0 saturated heterocycles. The zero-order chi connectivity index (χ0) is 12.1. The molecule has 0 aliphatic carbocycles. The van der Waals surface area contributed by atoms with E-state index in [-0.39, 0.29) is 0 Å². The number of nitrogens with zero attached hydrogens (tertiary/aromatic N) is 3. The van der Waals surface area contributed by atoms with Gasteiger partial charge in [-0.05, 0) is 13.3 Å². The van der Waals surface area contributed by atoms with Crippen molar-refractivity contribution < 1.29 is 0 Å². The Hall–Kier alpha value is -1.65. The first-order chi connectivity index (χ1) is 8.33. The normalized spacial score (nSPS) is 10.9. The summed E-state index contributed by atoms with van der Waals surface area (Å²) in [7, 11) is 0. The minimum Gasteiger partial charge on any atom is -0.368 e. The van der Waals surface area contributed by atoms with Crippen molar-refractivity contribution >= 4 is 16.9 Å². The van der Waals surface area contributed by atoms with E-state index in [4.69, 9.17) is 0 Å². The molecule has 0 aromatic carbocycles. The van der Waals surface area contributed by atoms with E-state index in [1.54, 1.807) is 6.33 Å². The average molecular weight is 233 g/mol. The Kier molecular flexibility index (Phi) is 3.90. The first-order valence-electron chi connectivity index (χ1n) is 6.22. The van der Waals surface area contributed by atoms with E-state index in [0.717, 1.165) is 29.1 Å². The van der Waals surface area contributed by atoms with Crippen LogP contribution >= 0.6 is 0 Å². The zero-order valence-electron chi connectivity index (χ0n) is 10.5. The molecule has 0 bridgehead atoms. The molecule has 5 nitrogen and oxygen atoms in total. The van der Waals surface area contributed by atoms with Crippen LogP contribution in [0.5, 0.6) is 0 Å². The number of unbranched alkanes of at least 4 members (excludes halogenated alkanes) is 3. The van der Waals surface area contributed by atoms with Gasteiger partial charge in [0.15, 0.2) is 11.3 Å². The first-order valence-corrected chi connectivity index (χ1v) is 6.22. The van der Waals surface area contributed by atoms with Crippen LogP contribution in [0, 0.1) is 6.92 Å². The standard InChI is InChI=1S/C12H19N5/c1-3-4-5-6-7-13-12-11-10(14-8-15-12)9(2)16-17-11/h8H,3-7H2,1-2H3,(H,16,17)(H,13,14,15). The average Bonchev–Trinajstić information content (AvgIpc) is 2.72. The molecule has 2 aromatic heterocycles. The van der Waals surface area contributed by atoms with Gasteiger partial charge in [-0.3, -0.25) is 5.10 Å². The fourth-order valence-electron chi connectivity index (χ4n) is 1.84. The Morgan fingerprint density at radius 3 is 2.88 bits per heavy atom. The lowest BCUT2D eigenvalue weighted by Gasteiger charge is -2.04. The van der Waals surface area contributed by atoms with Gasteiger partial charge in [-0.2, -0.15) is 5.10 Å². The van der Waals surface area contributed by atoms with Crippen LogP contribution < -0.4 is 5.32 Å². The first kappa shape index (κ1) is 11.8. The van der Waals surface area contributed by atoms with Crippen molar-refractivity contribution in [3.63, 3.8) is 0 Å². The van der Waals surface area contributed by atoms with E-state index in [2.05, 4.69) is 32.4 Å². The highest BCUT2D eigenvalue weighted by Crippen LogP contribution is 2.18. The molecule has 0 fully saturated rings. The maximum Gasteiger partial charge on any atom is 0.157 e. The predicted molar refractivity (Wildman–Crippen MR) is 69.1 cm³/mol. The molecule has 0 saturated carbocycles. The quantitative estimate of drug-likeness (QED) is 0.753. The third-order valence-electron chi connectivity index (χ3n) is 2.84. The topological polar surface area (TPSA) is 66.5 Å². The summed E-state index contributed by atoms with van der Waals surface area (Å²) < 4.78 is 0. The molecular weight excluding hydrogens is 214 g/mol. The van der Waals surface area contributed by atoms with E-state index >= 15 is 0 Å². The van der Waals surface area contributed by atoms with Gasteiger partial charge < -0.3 is 5.32 Å². The zero-order valence-corrected chi connectivity index (χ0v) is 10.5. The lowest BCUT2D eigenvalue weighted by atomic mass is 10.2. The third kappa shape index (κ3) is 2.72. The van der Waals surface area contributed by atoms with Gasteiger partial charge >= 0.3 is 0 Å². The minimum atomic E-state index is 0.829. The van der Waals surface area contributed by atoms with Crippen molar-refractivity contribution in [1.82, 2.24) is 20.2 Å². The number of nitrogens with one attached hydrogen (secondary N) is 2. The van der Waals surface area contributed by atoms with Crippen LogP contribution in [0.4, 0.5) is 5.82 Å². The number of aryl methyl sites for hydroxylation is 1. The number of fused-ring (bicyclic) bond motifs is 1. The van der Waals surface area contributed by atoms with Gasteiger partial charge in [0, 0.05) is 6.54 Å². The lowest BCUT2D eigenvalue weighted by Crippen LogP contribution is -2.04. The number of rotatable bonds is 6. The molecule has 0 unspecified atom stereocenters. The van der Waals surface area contributed by atoms with E-state index < -0.39 is 0 Å². The Labute approximate surface area is 101 Å². The molecule has 2 N–H and O–H groups in total. The Morgan fingerprint density at radius 1 is 1.18 bits per heavy atom. The van der Waals surface area contributed by atoms with Crippen LogP contribution in [0.25, 0.3) is 11.0 Å². The van der Waals surface area contributed by atoms with Crippen molar-refractivity contribution in [2.45, 2.75) is 39.5 Å². The third-order valence-corrected chi connectivity index (χ3v) is 2.84. The second-order valence-electron chi connectivity index (χ2n) is 4.26. The lowest BCUT2D eigenvalue weighted by molar-refractivity contribution is 0.684. The van der Waals surface area contributed by atoms with Gasteiger partial charge in [0.2, 0.25) is 0 Å². The smallest absolute Gasteiger partial charge is 0.157 e. The summed E-state index contributed by atoms with van der Waals surface area (Å²) in [6.07, 6.45) is 6.57. The molecule has 0 atom stereocenters. The van der Waals surface area contributed by atoms with Crippen LogP contribution in [-0.4, -0.2) is 26.7 Å². The number of hydrogen-bond donors (Lipinski definition) is 2. The van der Waals surface area contributed by atoms with Gasteiger partial charge in [0.05, 0.1) is 5.69 Å². The molecule has 92 valence electrons. The van der Waals surface area contributed by atoms with Gasteiger partial charge in [-0.25, -0.2) is 9.97 Å². The van der Waals surface area contributed by atoms with Gasteiger partial charge in [0.25, 0.3) is 0 Å². The number of aromatic amines is 1. The monoisotopic (exact) mass is 233 g/mol. The molecule has 0 aliphatic heterocycles. The molecule has 0 aliphatic rings. The van der Waals surface area contributed by atoms with E-state index in [1.165, 1.54) is 25.7 Å². The summed E-state index contributed by atoms with van der Waals surface area (Å²) in [6.45, 7) is 5.12. The van der Waals surface area contributed by atoms with E-state index in [1.807, 2.05) is 6.92 Å². The van der Waals surface area contributed by atoms with E-state index in [0.29, 0.717) is 0 Å². The molecule has 2 aromatic rings. The summed E-state index contributed by atoms with van der Waals surface area (Å²) in [5.41, 5.74) is 2.72. The predicted octanol–water partition coefficient (Wildman–Crippen LogP) is 2.65. The molecule has 2 heterocycles. The summed E-state index contributed by atoms with van der Waals surface area (Å²) in [4.78, 5) is 8.45. The minimum absolute atomic E-state index is 0.829. The van der Waals surface area contributed by atoms with Crippen molar-refractivity contribution in [1.29, 1.82) is 0 Å². The number of hydrogen-bond acceptors (Lipinski definition) is 4. The fraction of sp³-hybridized carbons (Fsp3) is 0.583. The van der Waals surface area contributed by atoms with E-state index in [9.17, 15) is 0 Å². The van der Waals surface area contributed by atoms with Crippen LogP contribution in [0.15, 0.2) is 6.33 Å². The van der Waals surface area contributed by atoms with Crippen LogP contribution in [-0.2, 0) is 0 Å². The van der Waals surface area contributed by atoms with Gasteiger partial charge in [-0.1, -0.05) is 26.2 Å². The van der Waals surface area contributed by atoms with Crippen molar-refractivity contribution in [2.75, 3.05) is 11.9 Å². The van der Waals surface area contributed by atoms with Crippen molar-refractivity contribution in [3.8, 4) is 0 Å². The van der Waals surface area contributed by atoms with Crippen LogP contribution in [0.1, 0.15) is 38.3 Å². The second kappa shape index (κ2) is 5.61. The van der Waals surface area contributed by atoms with Crippen LogP contribution in [0.3, 0.4) is 0 Å². The maximum absolute atomic E-state index is 4.23. The summed E-state index contributed by atoms with van der Waals surface area (Å²) >= 11 is 0. The Bertz CT molecular complexity index is 477. The summed E-state index contributed by atoms with van der Waals surface area (Å²) in [6, 6.07) is 0. The molecule has 0 amide bonds. The molecule has 0 spiro atoms. The SMILES string of the molecule is CCCCCCNc1ncnc2c(C)[nH]nc12. The summed E-state index contributed by atoms with van der Waals surface area (Å²) in [5.74, 6) is 0.829. The maximum atomic E-state index is 4.23. The van der Waals surface area contributed by atoms with Crippen LogP contribution in [0.2, 0.25) is 0 Å². The van der Waals surface area contributed by atoms with Gasteiger partial charge in [0.1, 0.15) is 11.8 Å². The largest absolute Gasteiger partial charge is 0.368 e. The molecule has 17 heavy (non-hydrogen) atoms. The van der Waals surface area contributed by atoms with Gasteiger partial charge in [-0.15, -0.1) is 0 Å². The Balaban J connectivity index is 1.99. The molecule has 2 rings (SSSR count). The molecule has 0 radical (unpaired) electrons. The highest BCUT2D eigenvalue weighted by molar-refractivity contribution is 5.86. The highest BCUT2D eigenvalue weighted by atomic mass is 15.2.